The average molecular weight is 551 g/mol. The topological polar surface area (TPSA) is 62.0 Å². The number of nitrogens with zero attached hydrogens (tertiary/aromatic N) is 2. The van der Waals surface area contributed by atoms with Crippen LogP contribution >= 0.6 is 12.2 Å². The van der Waals surface area contributed by atoms with E-state index in [4.69, 9.17) is 12.2 Å². The Morgan fingerprint density at radius 3 is 2.29 bits per heavy atom. The van der Waals surface area contributed by atoms with Gasteiger partial charge in [-0.2, -0.15) is 0 Å². The van der Waals surface area contributed by atoms with Crippen LogP contribution in [0.4, 0.5) is 23.0 Å². The summed E-state index contributed by atoms with van der Waals surface area (Å²) in [5.74, 6) is 0.0780. The highest BCUT2D eigenvalue weighted by Crippen LogP contribution is 2.12. The van der Waals surface area contributed by atoms with Crippen LogP contribution in [0.2, 0.25) is 0 Å². The van der Waals surface area contributed by atoms with Crippen molar-refractivity contribution in [1.29, 1.82) is 0 Å². The van der Waals surface area contributed by atoms with Crippen LogP contribution in [0.1, 0.15) is 37.0 Å². The Morgan fingerprint density at radius 2 is 1.74 bits per heavy atom. The van der Waals surface area contributed by atoms with Gasteiger partial charge in [0.25, 0.3) is 0 Å². The van der Waals surface area contributed by atoms with Crippen molar-refractivity contribution in [2.75, 3.05) is 5.32 Å². The van der Waals surface area contributed by atoms with Crippen LogP contribution in [0.3, 0.4) is 0 Å². The van der Waals surface area contributed by atoms with E-state index in [1.165, 1.54) is 5.56 Å². The Labute approximate surface area is 226 Å². The second kappa shape index (κ2) is 14.5. The van der Waals surface area contributed by atoms with E-state index in [9.17, 15) is 22.1 Å². The van der Waals surface area contributed by atoms with Crippen molar-refractivity contribution in [2.24, 2.45) is 13.0 Å². The molecule has 12 heteroatoms. The van der Waals surface area contributed by atoms with E-state index in [1.54, 1.807) is 0 Å². The van der Waals surface area contributed by atoms with E-state index in [0.717, 1.165) is 29.8 Å². The zero-order chi connectivity index (χ0) is 28.3. The van der Waals surface area contributed by atoms with E-state index < -0.39 is 13.3 Å². The average Bonchev–Trinajstić information content (AvgIpc) is 3.24. The van der Waals surface area contributed by atoms with Crippen LogP contribution in [0.5, 0.6) is 0 Å². The van der Waals surface area contributed by atoms with Gasteiger partial charge in [-0.15, -0.1) is 0 Å². The van der Waals surface area contributed by atoms with Gasteiger partial charge in [-0.05, 0) is 53.9 Å². The number of rotatable bonds is 9. The van der Waals surface area contributed by atoms with Gasteiger partial charge in [-0.3, -0.25) is 4.79 Å². The molecule has 6 nitrogen and oxygen atoms in total. The van der Waals surface area contributed by atoms with Gasteiger partial charge >= 0.3 is 7.25 Å². The minimum Gasteiger partial charge on any atom is -0.418 e. The largest absolute Gasteiger partial charge is 0.673 e. The Hall–Kier alpha value is -3.41. The first-order valence-corrected chi connectivity index (χ1v) is 12.6. The van der Waals surface area contributed by atoms with Crippen LogP contribution in [0.25, 0.3) is 0 Å². The molecule has 0 radical (unpaired) electrons. The molecule has 0 saturated carbocycles. The quantitative estimate of drug-likeness (QED) is 0.152. The molecule has 1 aromatic heterocycles. The third-order valence-electron chi connectivity index (χ3n) is 5.74. The monoisotopic (exact) mass is 551 g/mol. The summed E-state index contributed by atoms with van der Waals surface area (Å²) >= 11 is 5.48. The third-order valence-corrected chi connectivity index (χ3v) is 5.96. The fourth-order valence-electron chi connectivity index (χ4n) is 3.60. The van der Waals surface area contributed by atoms with Crippen LogP contribution in [-0.2, 0) is 24.9 Å². The molecule has 0 aliphatic rings. The van der Waals surface area contributed by atoms with E-state index in [1.807, 2.05) is 49.0 Å². The summed E-state index contributed by atoms with van der Waals surface area (Å²) in [5, 5.41) is 9.91. The minimum absolute atomic E-state index is 0.0540. The van der Waals surface area contributed by atoms with Crippen molar-refractivity contribution in [2.45, 2.75) is 46.3 Å². The lowest BCUT2D eigenvalue weighted by Crippen LogP contribution is -2.51. The Bertz CT molecular complexity index is 1180. The molecule has 0 fully saturated rings. The zero-order valence-electron chi connectivity index (χ0n) is 21.9. The van der Waals surface area contributed by atoms with E-state index in [-0.39, 0.29) is 11.8 Å². The molecule has 38 heavy (non-hydrogen) atoms. The number of thiocarbonyl (C=S) groups is 1. The zero-order valence-corrected chi connectivity index (χ0v) is 22.7. The molecule has 3 aromatic rings. The molecule has 0 saturated heterocycles. The molecule has 3 N–H and O–H groups in total. The lowest BCUT2D eigenvalue weighted by Gasteiger charge is -2.25. The van der Waals surface area contributed by atoms with Crippen molar-refractivity contribution in [3.05, 3.63) is 83.9 Å². The standard InChI is InChI=1S/C26H33N5OS.BF4/c1-5-20(3)24(29-26(33)28-23-8-6-7-19(2)15-23)25(32)27-16-21-9-11-22(12-10-21)17-31-14-13-30(4)18-31;2-1(3,4)5/h6-15,18,20,24H,5,16-17H2,1-4H3,(H2-,27,28,29,32,33);/q;-1/p+1/t20-,24-;/m0./s1. The number of hydrogen-bond donors (Lipinski definition) is 3. The lowest BCUT2D eigenvalue weighted by atomic mass is 9.98. The molecule has 2 aromatic carbocycles. The number of amides is 1. The molecular weight excluding hydrogens is 517 g/mol. The number of nitrogens with one attached hydrogen (secondary N) is 3. The lowest BCUT2D eigenvalue weighted by molar-refractivity contribution is -0.671. The second-order valence-corrected chi connectivity index (χ2v) is 9.52. The van der Waals surface area contributed by atoms with Crippen molar-refractivity contribution >= 4 is 36.2 Å². The van der Waals surface area contributed by atoms with Crippen molar-refractivity contribution in [1.82, 2.24) is 15.2 Å². The maximum Gasteiger partial charge on any atom is 0.673 e. The second-order valence-electron chi connectivity index (χ2n) is 9.11. The van der Waals surface area contributed by atoms with Gasteiger partial charge in [0.15, 0.2) is 5.11 Å². The molecule has 2 atom stereocenters. The number of aryl methyl sites for hydroxylation is 2. The number of halogens is 4. The molecular formula is C26H34BF4N5OS. The number of imidazole rings is 1. The van der Waals surface area contributed by atoms with Gasteiger partial charge in [0.05, 0.1) is 7.05 Å². The van der Waals surface area contributed by atoms with Crippen LogP contribution in [0, 0.1) is 12.8 Å². The highest BCUT2D eigenvalue weighted by molar-refractivity contribution is 7.80. The normalized spacial score (nSPS) is 12.5. The SMILES string of the molecule is CC[C@H](C)[C@H](NC(=S)Nc1cccc(C)c1)C(=O)NCc1ccc(Cn2cc[n+](C)c2)cc1.F[B-](F)(F)F. The Morgan fingerprint density at radius 1 is 1.11 bits per heavy atom. The van der Waals surface area contributed by atoms with Gasteiger partial charge in [0.2, 0.25) is 12.2 Å². The third kappa shape index (κ3) is 11.8. The van der Waals surface area contributed by atoms with Gasteiger partial charge in [-0.25, -0.2) is 9.13 Å². The number of carbonyl (C=O) groups excluding carboxylic acids is 1. The molecule has 1 heterocycles. The summed E-state index contributed by atoms with van der Waals surface area (Å²) in [7, 11) is -3.99. The van der Waals surface area contributed by atoms with Crippen LogP contribution in [-0.4, -0.2) is 28.9 Å². The minimum atomic E-state index is -6.00. The highest BCUT2D eigenvalue weighted by Gasteiger charge is 2.24. The van der Waals surface area contributed by atoms with Crippen LogP contribution < -0.4 is 20.5 Å². The molecule has 0 bridgehead atoms. The van der Waals surface area contributed by atoms with Gasteiger partial charge in [0.1, 0.15) is 25.0 Å². The summed E-state index contributed by atoms with van der Waals surface area (Å²) in [5.41, 5.74) is 4.33. The summed E-state index contributed by atoms with van der Waals surface area (Å²) in [6.07, 6.45) is 6.99. The Balaban J connectivity index is 0.000000926. The molecule has 0 spiro atoms. The molecule has 0 aliphatic carbocycles. The number of anilines is 1. The summed E-state index contributed by atoms with van der Waals surface area (Å²) in [6, 6.07) is 15.9. The van der Waals surface area contributed by atoms with E-state index >= 15 is 0 Å². The first-order chi connectivity index (χ1) is 17.8. The van der Waals surface area contributed by atoms with Crippen molar-refractivity contribution in [3.8, 4) is 0 Å². The molecule has 1 amide bonds. The number of aromatic nitrogens is 2. The fourth-order valence-corrected chi connectivity index (χ4v) is 3.85. The molecule has 0 aliphatic heterocycles. The number of hydrogen-bond acceptors (Lipinski definition) is 2. The van der Waals surface area contributed by atoms with Crippen LogP contribution in [0.15, 0.2) is 67.3 Å². The molecule has 206 valence electrons. The predicted octanol–water partition coefficient (Wildman–Crippen LogP) is 4.99. The number of carbonyl (C=O) groups is 1. The van der Waals surface area contributed by atoms with Gasteiger partial charge in [0, 0.05) is 12.2 Å². The number of benzene rings is 2. The van der Waals surface area contributed by atoms with E-state index in [0.29, 0.717) is 11.7 Å². The summed E-state index contributed by atoms with van der Waals surface area (Å²) in [6.45, 7) is 7.46. The van der Waals surface area contributed by atoms with Crippen molar-refractivity contribution < 1.29 is 26.6 Å². The molecule has 3 rings (SSSR count). The summed E-state index contributed by atoms with van der Waals surface area (Å²) in [4.78, 5) is 13.0. The van der Waals surface area contributed by atoms with Gasteiger partial charge < -0.3 is 33.2 Å². The predicted molar refractivity (Wildman–Crippen MR) is 147 cm³/mol. The maximum absolute atomic E-state index is 13.0. The van der Waals surface area contributed by atoms with Crippen molar-refractivity contribution in [3.63, 3.8) is 0 Å². The van der Waals surface area contributed by atoms with Gasteiger partial charge in [-0.1, -0.05) is 56.7 Å². The fraction of sp³-hybridized carbons (Fsp3) is 0.346. The smallest absolute Gasteiger partial charge is 0.418 e. The molecule has 0 unspecified atom stereocenters. The summed E-state index contributed by atoms with van der Waals surface area (Å²) < 4.78 is 43.2. The van der Waals surface area contributed by atoms with E-state index in [2.05, 4.69) is 71.2 Å². The first kappa shape index (κ1) is 30.8. The highest BCUT2D eigenvalue weighted by atomic mass is 32.1. The Kier molecular flexibility index (Phi) is 11.8. The first-order valence-electron chi connectivity index (χ1n) is 12.2. The maximum atomic E-state index is 13.0.